The molecule has 0 aliphatic rings. The number of carbonyl (C=O) groups excluding carboxylic acids is 1. The molecule has 108 valence electrons. The summed E-state index contributed by atoms with van der Waals surface area (Å²) in [6, 6.07) is 5.53. The zero-order valence-corrected chi connectivity index (χ0v) is 11.9. The lowest BCUT2D eigenvalue weighted by Crippen LogP contribution is -2.34. The van der Waals surface area contributed by atoms with Gasteiger partial charge >= 0.3 is 0 Å². The van der Waals surface area contributed by atoms with Crippen LogP contribution < -0.4 is 5.32 Å². The molecule has 0 fully saturated rings. The van der Waals surface area contributed by atoms with Gasteiger partial charge in [-0.05, 0) is 32.0 Å². The number of hydrogen-bond donors (Lipinski definition) is 1. The molecule has 0 bridgehead atoms. The first-order valence-corrected chi connectivity index (χ1v) is 6.43. The van der Waals surface area contributed by atoms with Gasteiger partial charge in [0, 0.05) is 19.3 Å². The molecule has 1 N–H and O–H groups in total. The summed E-state index contributed by atoms with van der Waals surface area (Å²) in [4.78, 5) is 11.5. The third-order valence-electron chi connectivity index (χ3n) is 2.98. The Morgan fingerprint density at radius 3 is 2.90 bits per heavy atom. The van der Waals surface area contributed by atoms with Crippen molar-refractivity contribution in [1.82, 2.24) is 15.1 Å². The van der Waals surface area contributed by atoms with E-state index in [9.17, 15) is 4.79 Å². The number of methoxy groups -OCH3 is 1. The molecule has 2 aromatic heterocycles. The van der Waals surface area contributed by atoms with Crippen molar-refractivity contribution in [3.05, 3.63) is 41.6 Å². The molecule has 1 unspecified atom stereocenters. The lowest BCUT2D eigenvalue weighted by Gasteiger charge is -2.17. The molecule has 0 saturated carbocycles. The van der Waals surface area contributed by atoms with Gasteiger partial charge in [0.25, 0.3) is 0 Å². The summed E-state index contributed by atoms with van der Waals surface area (Å²) >= 11 is 0. The number of nitrogens with zero attached hydrogens (tertiary/aromatic N) is 2. The fourth-order valence-corrected chi connectivity index (χ4v) is 2.14. The number of rotatable bonds is 6. The number of furan rings is 1. The number of amides is 1. The molecule has 0 aliphatic carbocycles. The maximum Gasteiger partial charge on any atom is 0.246 e. The quantitative estimate of drug-likeness (QED) is 0.867. The Morgan fingerprint density at radius 2 is 2.35 bits per heavy atom. The van der Waals surface area contributed by atoms with Crippen LogP contribution in [0.5, 0.6) is 0 Å². The number of nitrogens with one attached hydrogen (secondary N) is 1. The van der Waals surface area contributed by atoms with E-state index in [0.717, 1.165) is 17.1 Å². The number of aromatic nitrogens is 2. The van der Waals surface area contributed by atoms with Gasteiger partial charge in [-0.15, -0.1) is 0 Å². The van der Waals surface area contributed by atoms with Crippen molar-refractivity contribution in [2.75, 3.05) is 20.3 Å². The van der Waals surface area contributed by atoms with E-state index in [1.807, 2.05) is 36.7 Å². The largest absolute Gasteiger partial charge is 0.467 e. The molecule has 0 aliphatic heterocycles. The van der Waals surface area contributed by atoms with Gasteiger partial charge in [-0.3, -0.25) is 9.48 Å². The smallest absolute Gasteiger partial charge is 0.246 e. The van der Waals surface area contributed by atoms with Gasteiger partial charge in [-0.25, -0.2) is 0 Å². The molecule has 0 spiro atoms. The van der Waals surface area contributed by atoms with E-state index in [-0.39, 0.29) is 18.6 Å². The second-order valence-electron chi connectivity index (χ2n) is 4.64. The lowest BCUT2D eigenvalue weighted by molar-refractivity contribution is -0.124. The summed E-state index contributed by atoms with van der Waals surface area (Å²) in [5.74, 6) is 0.597. The molecule has 1 atom stereocenters. The zero-order chi connectivity index (χ0) is 14.5. The van der Waals surface area contributed by atoms with Crippen LogP contribution in [0.2, 0.25) is 0 Å². The van der Waals surface area contributed by atoms with Gasteiger partial charge in [0.2, 0.25) is 5.91 Å². The minimum absolute atomic E-state index is 0.0436. The van der Waals surface area contributed by atoms with Gasteiger partial charge in [0.05, 0.1) is 12.0 Å². The van der Waals surface area contributed by atoms with Crippen LogP contribution in [0.4, 0.5) is 0 Å². The fourth-order valence-electron chi connectivity index (χ4n) is 2.14. The van der Waals surface area contributed by atoms with Crippen LogP contribution in [0.1, 0.15) is 23.2 Å². The summed E-state index contributed by atoms with van der Waals surface area (Å²) < 4.78 is 12.1. The molecule has 2 aromatic rings. The number of hydrogen-bond acceptors (Lipinski definition) is 4. The molecule has 6 nitrogen and oxygen atoms in total. The van der Waals surface area contributed by atoms with Gasteiger partial charge in [-0.1, -0.05) is 0 Å². The van der Waals surface area contributed by atoms with E-state index < -0.39 is 0 Å². The first-order chi connectivity index (χ1) is 9.61. The second kappa shape index (κ2) is 6.38. The Hall–Kier alpha value is -2.08. The lowest BCUT2D eigenvalue weighted by atomic mass is 10.2. The molecule has 6 heteroatoms. The van der Waals surface area contributed by atoms with Gasteiger partial charge < -0.3 is 14.5 Å². The molecule has 2 rings (SSSR count). The van der Waals surface area contributed by atoms with Crippen LogP contribution in [0.3, 0.4) is 0 Å². The SMILES string of the molecule is COCC(=O)NCC(c1ccco1)n1nc(C)cc1C. The summed E-state index contributed by atoms with van der Waals surface area (Å²) in [6.45, 7) is 4.36. The van der Waals surface area contributed by atoms with Crippen LogP contribution in [-0.4, -0.2) is 35.9 Å². The predicted molar refractivity (Wildman–Crippen MR) is 73.4 cm³/mol. The van der Waals surface area contributed by atoms with Gasteiger partial charge in [0.15, 0.2) is 0 Å². The first-order valence-electron chi connectivity index (χ1n) is 6.43. The van der Waals surface area contributed by atoms with Crippen molar-refractivity contribution < 1.29 is 13.9 Å². The van der Waals surface area contributed by atoms with Crippen molar-refractivity contribution >= 4 is 5.91 Å². The first kappa shape index (κ1) is 14.3. The highest BCUT2D eigenvalue weighted by atomic mass is 16.5. The summed E-state index contributed by atoms with van der Waals surface area (Å²) in [7, 11) is 1.49. The predicted octanol–water partition coefficient (Wildman–Crippen LogP) is 1.44. The Balaban J connectivity index is 2.18. The van der Waals surface area contributed by atoms with Gasteiger partial charge in [0.1, 0.15) is 18.4 Å². The van der Waals surface area contributed by atoms with Crippen LogP contribution in [-0.2, 0) is 9.53 Å². The van der Waals surface area contributed by atoms with Crippen molar-refractivity contribution in [3.63, 3.8) is 0 Å². The Kier molecular flexibility index (Phi) is 4.57. The summed E-state index contributed by atoms with van der Waals surface area (Å²) in [5.41, 5.74) is 1.95. The van der Waals surface area contributed by atoms with Crippen LogP contribution in [0.15, 0.2) is 28.9 Å². The molecule has 20 heavy (non-hydrogen) atoms. The second-order valence-corrected chi connectivity index (χ2v) is 4.64. The highest BCUT2D eigenvalue weighted by Crippen LogP contribution is 2.20. The minimum atomic E-state index is -0.167. The number of aryl methyl sites for hydroxylation is 2. The number of ether oxygens (including phenoxy) is 1. The Morgan fingerprint density at radius 1 is 1.55 bits per heavy atom. The topological polar surface area (TPSA) is 69.3 Å². The minimum Gasteiger partial charge on any atom is -0.467 e. The molecule has 1 amide bonds. The highest BCUT2D eigenvalue weighted by Gasteiger charge is 2.20. The van der Waals surface area contributed by atoms with E-state index in [1.54, 1.807) is 6.26 Å². The van der Waals surface area contributed by atoms with Gasteiger partial charge in [-0.2, -0.15) is 5.10 Å². The molecule has 0 aromatic carbocycles. The van der Waals surface area contributed by atoms with E-state index in [4.69, 9.17) is 9.15 Å². The van der Waals surface area contributed by atoms with E-state index >= 15 is 0 Å². The summed E-state index contributed by atoms with van der Waals surface area (Å²) in [6.07, 6.45) is 1.62. The van der Waals surface area contributed by atoms with Crippen LogP contribution >= 0.6 is 0 Å². The molecular formula is C14H19N3O3. The maximum atomic E-state index is 11.5. The van der Waals surface area contributed by atoms with E-state index in [1.165, 1.54) is 7.11 Å². The van der Waals surface area contributed by atoms with E-state index in [0.29, 0.717) is 6.54 Å². The monoisotopic (exact) mass is 277 g/mol. The average molecular weight is 277 g/mol. The third kappa shape index (κ3) is 3.27. The van der Waals surface area contributed by atoms with Crippen LogP contribution in [0.25, 0.3) is 0 Å². The van der Waals surface area contributed by atoms with Crippen LogP contribution in [0, 0.1) is 13.8 Å². The fraction of sp³-hybridized carbons (Fsp3) is 0.429. The van der Waals surface area contributed by atoms with Crippen molar-refractivity contribution in [1.29, 1.82) is 0 Å². The van der Waals surface area contributed by atoms with Crippen molar-refractivity contribution in [3.8, 4) is 0 Å². The Bertz CT molecular complexity index is 560. The standard InChI is InChI=1S/C14H19N3O3/c1-10-7-11(2)17(16-10)12(13-5-4-6-20-13)8-15-14(18)9-19-3/h4-7,12H,8-9H2,1-3H3,(H,15,18). The molecule has 2 heterocycles. The summed E-state index contributed by atoms with van der Waals surface area (Å²) in [5, 5.41) is 7.29. The normalized spacial score (nSPS) is 12.3. The molecular weight excluding hydrogens is 258 g/mol. The van der Waals surface area contributed by atoms with Crippen molar-refractivity contribution in [2.45, 2.75) is 19.9 Å². The Labute approximate surface area is 117 Å². The van der Waals surface area contributed by atoms with Crippen molar-refractivity contribution in [2.24, 2.45) is 0 Å². The van der Waals surface area contributed by atoms with E-state index in [2.05, 4.69) is 10.4 Å². The number of carbonyl (C=O) groups is 1. The average Bonchev–Trinajstić information content (AvgIpc) is 3.01. The molecule has 0 saturated heterocycles. The third-order valence-corrected chi connectivity index (χ3v) is 2.98. The maximum absolute atomic E-state index is 11.5. The highest BCUT2D eigenvalue weighted by molar-refractivity contribution is 5.77. The molecule has 0 radical (unpaired) electrons. The zero-order valence-electron chi connectivity index (χ0n) is 11.9.